The molecule has 36 heavy (non-hydrogen) atoms. The molecule has 0 atom stereocenters. The molecule has 2 aromatic heterocycles. The van der Waals surface area contributed by atoms with Crippen molar-refractivity contribution in [3.8, 4) is 6.07 Å². The van der Waals surface area contributed by atoms with E-state index in [2.05, 4.69) is 20.6 Å². The van der Waals surface area contributed by atoms with Crippen LogP contribution in [0.3, 0.4) is 0 Å². The molecule has 1 aliphatic heterocycles. The molecular weight excluding hydrogens is 472 g/mol. The summed E-state index contributed by atoms with van der Waals surface area (Å²) in [5.41, 5.74) is -0.247. The Morgan fingerprint density at radius 3 is 2.78 bits per heavy atom. The number of aromatic nitrogens is 2. The second-order valence-electron chi connectivity index (χ2n) is 8.99. The van der Waals surface area contributed by atoms with Gasteiger partial charge in [0.15, 0.2) is 6.29 Å². The van der Waals surface area contributed by atoms with Crippen molar-refractivity contribution < 1.29 is 23.2 Å². The third-order valence-corrected chi connectivity index (χ3v) is 6.15. The molecule has 2 aliphatic rings. The molecule has 188 valence electrons. The summed E-state index contributed by atoms with van der Waals surface area (Å²) in [6.07, 6.45) is 3.68. The number of carbonyl (C=O) groups excluding carboxylic acids is 3. The van der Waals surface area contributed by atoms with Crippen LogP contribution in [0.1, 0.15) is 40.2 Å². The van der Waals surface area contributed by atoms with Crippen molar-refractivity contribution in [3.63, 3.8) is 0 Å². The first-order chi connectivity index (χ1) is 17.2. The van der Waals surface area contributed by atoms with E-state index in [-0.39, 0.29) is 36.1 Å². The molecule has 0 bridgehead atoms. The number of amides is 2. The summed E-state index contributed by atoms with van der Waals surface area (Å²) in [5, 5.41) is 14.4. The normalized spacial score (nSPS) is 16.4. The lowest BCUT2D eigenvalue weighted by Gasteiger charge is -2.32. The van der Waals surface area contributed by atoms with Gasteiger partial charge in [0, 0.05) is 44.0 Å². The summed E-state index contributed by atoms with van der Waals surface area (Å²) in [5.74, 6) is -5.55. The van der Waals surface area contributed by atoms with E-state index in [4.69, 9.17) is 0 Å². The monoisotopic (exact) mass is 497 g/mol. The highest BCUT2D eigenvalue weighted by Crippen LogP contribution is 2.31. The van der Waals surface area contributed by atoms with Crippen molar-refractivity contribution in [3.05, 3.63) is 46.9 Å². The van der Waals surface area contributed by atoms with E-state index in [1.807, 2.05) is 18.0 Å². The number of nitrogens with one attached hydrogen (secondary N) is 2. The summed E-state index contributed by atoms with van der Waals surface area (Å²) >= 11 is 0. The van der Waals surface area contributed by atoms with Crippen LogP contribution < -0.4 is 10.6 Å². The van der Waals surface area contributed by atoms with Crippen molar-refractivity contribution in [1.82, 2.24) is 19.8 Å². The summed E-state index contributed by atoms with van der Waals surface area (Å²) in [6.45, 7) is 1.99. The maximum absolute atomic E-state index is 15.0. The van der Waals surface area contributed by atoms with Gasteiger partial charge in [-0.25, -0.2) is 9.97 Å². The highest BCUT2D eigenvalue weighted by Gasteiger charge is 2.43. The molecule has 0 radical (unpaired) electrons. The van der Waals surface area contributed by atoms with Crippen LogP contribution in [0.4, 0.5) is 20.3 Å². The van der Waals surface area contributed by atoms with E-state index in [1.165, 1.54) is 23.2 Å². The van der Waals surface area contributed by atoms with Crippen molar-refractivity contribution in [2.75, 3.05) is 43.9 Å². The van der Waals surface area contributed by atoms with Gasteiger partial charge in [-0.15, -0.1) is 0 Å². The Morgan fingerprint density at radius 1 is 1.33 bits per heavy atom. The van der Waals surface area contributed by atoms with Gasteiger partial charge in [0.1, 0.15) is 23.3 Å². The molecule has 1 saturated carbocycles. The zero-order chi connectivity index (χ0) is 25.9. The van der Waals surface area contributed by atoms with E-state index in [1.54, 1.807) is 0 Å². The van der Waals surface area contributed by atoms with Gasteiger partial charge in [-0.2, -0.15) is 14.0 Å². The Morgan fingerprint density at radius 2 is 2.11 bits per heavy atom. The molecule has 2 aromatic rings. The fraction of sp³-hybridized carbons (Fsp3) is 0.417. The first-order valence-corrected chi connectivity index (χ1v) is 11.5. The van der Waals surface area contributed by atoms with Gasteiger partial charge < -0.3 is 15.5 Å². The Bertz CT molecular complexity index is 1230. The fourth-order valence-electron chi connectivity index (χ4n) is 3.76. The van der Waals surface area contributed by atoms with Gasteiger partial charge in [-0.1, -0.05) is 6.07 Å². The molecule has 2 amide bonds. The van der Waals surface area contributed by atoms with Crippen LogP contribution in [-0.2, 0) is 22.1 Å². The number of alkyl halides is 2. The Hall–Kier alpha value is -3.98. The first-order valence-electron chi connectivity index (χ1n) is 11.5. The van der Waals surface area contributed by atoms with E-state index in [0.717, 1.165) is 18.9 Å². The highest BCUT2D eigenvalue weighted by molar-refractivity contribution is 5.96. The number of nitrogens with zero attached hydrogens (tertiary/aromatic N) is 5. The number of rotatable bonds is 9. The second kappa shape index (κ2) is 10.3. The van der Waals surface area contributed by atoms with Gasteiger partial charge in [0.2, 0.25) is 5.91 Å². The predicted molar refractivity (Wildman–Crippen MR) is 125 cm³/mol. The molecule has 10 nitrogen and oxygen atoms in total. The summed E-state index contributed by atoms with van der Waals surface area (Å²) in [4.78, 5) is 47.3. The Balaban J connectivity index is 1.49. The maximum atomic E-state index is 15.0. The minimum Gasteiger partial charge on any atom is -0.384 e. The third kappa shape index (κ3) is 5.63. The van der Waals surface area contributed by atoms with Crippen LogP contribution in [0, 0.1) is 17.2 Å². The third-order valence-electron chi connectivity index (χ3n) is 6.15. The second-order valence-corrected chi connectivity index (χ2v) is 8.99. The van der Waals surface area contributed by atoms with Crippen LogP contribution in [0.25, 0.3) is 0 Å². The van der Waals surface area contributed by atoms with Crippen LogP contribution in [0.2, 0.25) is 0 Å². The standard InChI is InChI=1S/C24H25F2N7O3/c1-32-6-7-33(22(35)13-32)12-16-4-5-20(30-19(16)14-34)24(25,26)23(36)31-21-8-18(17(9-27)11-29-21)28-10-15-2-3-15/h4-5,8,11,14-15H,2-3,6-7,10,12-13H2,1H3,(H2,28,29,31,36). The molecule has 1 saturated heterocycles. The van der Waals surface area contributed by atoms with Gasteiger partial charge in [-0.05, 0) is 31.9 Å². The molecule has 3 heterocycles. The van der Waals surface area contributed by atoms with Crippen LogP contribution in [0.5, 0.6) is 0 Å². The lowest BCUT2D eigenvalue weighted by atomic mass is 10.1. The summed E-state index contributed by atoms with van der Waals surface area (Å²) in [6, 6.07) is 5.55. The average molecular weight is 498 g/mol. The molecule has 0 spiro atoms. The van der Waals surface area contributed by atoms with Gasteiger partial charge in [0.25, 0.3) is 0 Å². The summed E-state index contributed by atoms with van der Waals surface area (Å²) < 4.78 is 30.0. The number of likely N-dealkylation sites (N-methyl/N-ethyl adjacent to an activating group) is 1. The van der Waals surface area contributed by atoms with Gasteiger partial charge in [0.05, 0.1) is 17.8 Å². The molecule has 0 aromatic carbocycles. The minimum atomic E-state index is -4.07. The molecular formula is C24H25F2N7O3. The zero-order valence-electron chi connectivity index (χ0n) is 19.6. The molecule has 2 N–H and O–H groups in total. The van der Waals surface area contributed by atoms with Gasteiger partial charge >= 0.3 is 11.8 Å². The number of aldehydes is 1. The number of pyridine rings is 2. The number of hydrogen-bond donors (Lipinski definition) is 2. The first kappa shape index (κ1) is 25.1. The number of anilines is 2. The van der Waals surface area contributed by atoms with Crippen LogP contribution in [-0.4, -0.2) is 71.1 Å². The number of piperazine rings is 1. The largest absolute Gasteiger partial charge is 0.384 e. The van der Waals surface area contributed by atoms with Crippen LogP contribution in [0.15, 0.2) is 24.4 Å². The Kier molecular flexibility index (Phi) is 7.21. The number of halogens is 2. The van der Waals surface area contributed by atoms with Crippen LogP contribution >= 0.6 is 0 Å². The van der Waals surface area contributed by atoms with Crippen molar-refractivity contribution in [2.45, 2.75) is 25.3 Å². The zero-order valence-corrected chi connectivity index (χ0v) is 19.6. The predicted octanol–water partition coefficient (Wildman–Crippen LogP) is 1.99. The summed E-state index contributed by atoms with van der Waals surface area (Å²) in [7, 11) is 1.81. The Labute approximate surface area is 206 Å². The quantitative estimate of drug-likeness (QED) is 0.503. The molecule has 12 heteroatoms. The van der Waals surface area contributed by atoms with E-state index in [9.17, 15) is 28.4 Å². The van der Waals surface area contributed by atoms with Crippen molar-refractivity contribution >= 4 is 29.6 Å². The van der Waals surface area contributed by atoms with E-state index >= 15 is 0 Å². The van der Waals surface area contributed by atoms with Crippen molar-refractivity contribution in [2.24, 2.45) is 5.92 Å². The van der Waals surface area contributed by atoms with Gasteiger partial charge in [-0.3, -0.25) is 19.3 Å². The minimum absolute atomic E-state index is 0.0532. The average Bonchev–Trinajstić information content (AvgIpc) is 3.69. The smallest absolute Gasteiger partial charge is 0.366 e. The lowest BCUT2D eigenvalue weighted by molar-refractivity contribution is -0.141. The number of nitriles is 1. The molecule has 2 fully saturated rings. The number of hydrogen-bond acceptors (Lipinski definition) is 8. The van der Waals surface area contributed by atoms with E-state index < -0.39 is 17.5 Å². The highest BCUT2D eigenvalue weighted by atomic mass is 19.3. The van der Waals surface area contributed by atoms with E-state index in [0.29, 0.717) is 43.1 Å². The fourth-order valence-corrected chi connectivity index (χ4v) is 3.76. The lowest BCUT2D eigenvalue weighted by Crippen LogP contribution is -2.48. The maximum Gasteiger partial charge on any atom is 0.366 e. The topological polar surface area (TPSA) is 131 Å². The SMILES string of the molecule is CN1CCN(Cc2ccc(C(F)(F)C(=O)Nc3cc(NCC4CC4)c(C#N)cn3)nc2C=O)C(=O)C1. The molecule has 0 unspecified atom stereocenters. The number of carbonyl (C=O) groups is 3. The molecule has 4 rings (SSSR count). The molecule has 1 aliphatic carbocycles. The van der Waals surface area contributed by atoms with Crippen molar-refractivity contribution in [1.29, 1.82) is 5.26 Å².